The highest BCUT2D eigenvalue weighted by atomic mass is 32.2. The van der Waals surface area contributed by atoms with Crippen molar-refractivity contribution < 1.29 is 0 Å². The SMILES string of the molecule is C=C/C=C(/CCNC)SC. The molecule has 0 unspecified atom stereocenters. The molecule has 1 nitrogen and oxygen atoms in total. The average molecular weight is 157 g/mol. The van der Waals surface area contributed by atoms with E-state index in [1.54, 1.807) is 11.8 Å². The van der Waals surface area contributed by atoms with E-state index in [0.29, 0.717) is 0 Å². The Morgan fingerprint density at radius 3 is 2.80 bits per heavy atom. The van der Waals surface area contributed by atoms with Crippen LogP contribution in [0.2, 0.25) is 0 Å². The first kappa shape index (κ1) is 9.79. The summed E-state index contributed by atoms with van der Waals surface area (Å²) in [6, 6.07) is 0. The standard InChI is InChI=1S/C8H15NS/c1-4-5-8(10-3)6-7-9-2/h4-5,9H,1,6-7H2,2-3H3/b8-5-. The van der Waals surface area contributed by atoms with Crippen molar-refractivity contribution in [1.29, 1.82) is 0 Å². The summed E-state index contributed by atoms with van der Waals surface area (Å²) in [5.74, 6) is 0. The molecule has 0 aromatic rings. The zero-order valence-electron chi connectivity index (χ0n) is 6.68. The van der Waals surface area contributed by atoms with Crippen LogP contribution in [0.15, 0.2) is 23.6 Å². The van der Waals surface area contributed by atoms with Crippen LogP contribution in [0, 0.1) is 0 Å². The Morgan fingerprint density at radius 1 is 1.70 bits per heavy atom. The van der Waals surface area contributed by atoms with Crippen molar-refractivity contribution in [2.24, 2.45) is 0 Å². The van der Waals surface area contributed by atoms with Crippen LogP contribution in [0.4, 0.5) is 0 Å². The lowest BCUT2D eigenvalue weighted by molar-refractivity contribution is 0.803. The van der Waals surface area contributed by atoms with Gasteiger partial charge in [-0.2, -0.15) is 0 Å². The average Bonchev–Trinajstić information content (AvgIpc) is 1.98. The van der Waals surface area contributed by atoms with Gasteiger partial charge in [0.25, 0.3) is 0 Å². The predicted octanol–water partition coefficient (Wildman–Crippen LogP) is 2.03. The summed E-state index contributed by atoms with van der Waals surface area (Å²) >= 11 is 1.78. The Labute approximate surface area is 67.6 Å². The van der Waals surface area contributed by atoms with Gasteiger partial charge in [-0.05, 0) is 31.2 Å². The van der Waals surface area contributed by atoms with Crippen LogP contribution in [0.3, 0.4) is 0 Å². The summed E-state index contributed by atoms with van der Waals surface area (Å²) in [5.41, 5.74) is 0. The molecule has 0 aliphatic rings. The van der Waals surface area contributed by atoms with Crippen molar-refractivity contribution in [3.05, 3.63) is 23.6 Å². The molecule has 0 saturated heterocycles. The van der Waals surface area contributed by atoms with E-state index in [1.165, 1.54) is 4.91 Å². The molecule has 0 heterocycles. The van der Waals surface area contributed by atoms with Gasteiger partial charge in [-0.25, -0.2) is 0 Å². The molecular weight excluding hydrogens is 142 g/mol. The quantitative estimate of drug-likeness (QED) is 0.613. The third-order valence-corrected chi connectivity index (χ3v) is 2.05. The van der Waals surface area contributed by atoms with Crippen LogP contribution >= 0.6 is 11.8 Å². The Bertz CT molecular complexity index is 118. The lowest BCUT2D eigenvalue weighted by Crippen LogP contribution is -2.07. The molecule has 0 radical (unpaired) electrons. The zero-order chi connectivity index (χ0) is 7.82. The summed E-state index contributed by atoms with van der Waals surface area (Å²) in [4.78, 5) is 1.38. The van der Waals surface area contributed by atoms with Gasteiger partial charge in [0.1, 0.15) is 0 Å². The third kappa shape index (κ3) is 4.65. The third-order valence-electron chi connectivity index (χ3n) is 1.19. The summed E-state index contributed by atoms with van der Waals surface area (Å²) in [7, 11) is 1.96. The Hall–Kier alpha value is -0.210. The number of rotatable bonds is 5. The molecular formula is C8H15NS. The molecule has 1 N–H and O–H groups in total. The normalized spacial score (nSPS) is 11.6. The van der Waals surface area contributed by atoms with Crippen LogP contribution in [-0.2, 0) is 0 Å². The molecule has 10 heavy (non-hydrogen) atoms. The van der Waals surface area contributed by atoms with Gasteiger partial charge in [0.05, 0.1) is 0 Å². The van der Waals surface area contributed by atoms with E-state index >= 15 is 0 Å². The van der Waals surface area contributed by atoms with Crippen LogP contribution < -0.4 is 5.32 Å². The monoisotopic (exact) mass is 157 g/mol. The van der Waals surface area contributed by atoms with Crippen LogP contribution in [0.1, 0.15) is 6.42 Å². The van der Waals surface area contributed by atoms with Crippen molar-refractivity contribution in [3.63, 3.8) is 0 Å². The lowest BCUT2D eigenvalue weighted by Gasteiger charge is -2.00. The van der Waals surface area contributed by atoms with Gasteiger partial charge in [0, 0.05) is 0 Å². The molecule has 0 fully saturated rings. The van der Waals surface area contributed by atoms with E-state index in [1.807, 2.05) is 13.1 Å². The van der Waals surface area contributed by atoms with Gasteiger partial charge >= 0.3 is 0 Å². The maximum absolute atomic E-state index is 3.65. The van der Waals surface area contributed by atoms with Crippen molar-refractivity contribution in [1.82, 2.24) is 5.32 Å². The van der Waals surface area contributed by atoms with Gasteiger partial charge in [-0.15, -0.1) is 11.8 Å². The topological polar surface area (TPSA) is 12.0 Å². The summed E-state index contributed by atoms with van der Waals surface area (Å²) in [6.07, 6.45) is 7.08. The largest absolute Gasteiger partial charge is 0.319 e. The van der Waals surface area contributed by atoms with Crippen LogP contribution in [0.5, 0.6) is 0 Å². The Balaban J connectivity index is 3.59. The molecule has 0 spiro atoms. The molecule has 0 saturated carbocycles. The van der Waals surface area contributed by atoms with E-state index in [-0.39, 0.29) is 0 Å². The van der Waals surface area contributed by atoms with Crippen molar-refractivity contribution in [3.8, 4) is 0 Å². The summed E-state index contributed by atoms with van der Waals surface area (Å²) < 4.78 is 0. The minimum absolute atomic E-state index is 1.04. The van der Waals surface area contributed by atoms with Crippen LogP contribution in [-0.4, -0.2) is 19.8 Å². The maximum atomic E-state index is 3.65. The number of nitrogens with one attached hydrogen (secondary N) is 1. The number of hydrogen-bond donors (Lipinski definition) is 1. The van der Waals surface area contributed by atoms with Gasteiger partial charge in [0.2, 0.25) is 0 Å². The van der Waals surface area contributed by atoms with Gasteiger partial charge in [-0.1, -0.05) is 18.7 Å². The number of hydrogen-bond acceptors (Lipinski definition) is 2. The second-order valence-corrected chi connectivity index (χ2v) is 2.86. The Kier molecular flexibility index (Phi) is 6.76. The van der Waals surface area contributed by atoms with Crippen molar-refractivity contribution >= 4 is 11.8 Å². The Morgan fingerprint density at radius 2 is 2.40 bits per heavy atom. The maximum Gasteiger partial charge on any atom is -0.000631 e. The van der Waals surface area contributed by atoms with Crippen molar-refractivity contribution in [2.45, 2.75) is 6.42 Å². The highest BCUT2D eigenvalue weighted by Crippen LogP contribution is 2.14. The molecule has 2 heteroatoms. The lowest BCUT2D eigenvalue weighted by atomic mass is 10.3. The van der Waals surface area contributed by atoms with Gasteiger partial charge < -0.3 is 5.32 Å². The van der Waals surface area contributed by atoms with E-state index in [0.717, 1.165) is 13.0 Å². The molecule has 58 valence electrons. The van der Waals surface area contributed by atoms with E-state index < -0.39 is 0 Å². The number of thioether (sulfide) groups is 1. The van der Waals surface area contributed by atoms with E-state index in [4.69, 9.17) is 0 Å². The first-order chi connectivity index (χ1) is 4.85. The highest BCUT2D eigenvalue weighted by molar-refractivity contribution is 8.02. The predicted molar refractivity (Wildman–Crippen MR) is 50.3 cm³/mol. The van der Waals surface area contributed by atoms with E-state index in [2.05, 4.69) is 24.2 Å². The molecule has 0 atom stereocenters. The zero-order valence-corrected chi connectivity index (χ0v) is 7.50. The number of allylic oxidation sites excluding steroid dienone is 2. The summed E-state index contributed by atoms with van der Waals surface area (Å²) in [6.45, 7) is 4.69. The second kappa shape index (κ2) is 6.90. The summed E-state index contributed by atoms with van der Waals surface area (Å²) in [5, 5.41) is 3.10. The fourth-order valence-electron chi connectivity index (χ4n) is 0.633. The molecule has 0 amide bonds. The molecule has 0 aromatic carbocycles. The fraction of sp³-hybridized carbons (Fsp3) is 0.500. The minimum Gasteiger partial charge on any atom is -0.319 e. The minimum atomic E-state index is 1.04. The van der Waals surface area contributed by atoms with Gasteiger partial charge in [-0.3, -0.25) is 0 Å². The smallest absolute Gasteiger partial charge is 0.000631 e. The molecule has 0 rings (SSSR count). The van der Waals surface area contributed by atoms with E-state index in [9.17, 15) is 0 Å². The molecule has 0 bridgehead atoms. The second-order valence-electron chi connectivity index (χ2n) is 1.93. The first-order valence-electron chi connectivity index (χ1n) is 3.35. The molecule has 0 aromatic heterocycles. The molecule has 0 aliphatic heterocycles. The molecule has 0 aliphatic carbocycles. The van der Waals surface area contributed by atoms with Crippen LogP contribution in [0.25, 0.3) is 0 Å². The first-order valence-corrected chi connectivity index (χ1v) is 4.57. The fourth-order valence-corrected chi connectivity index (χ4v) is 1.17. The van der Waals surface area contributed by atoms with Crippen molar-refractivity contribution in [2.75, 3.05) is 19.8 Å². The highest BCUT2D eigenvalue weighted by Gasteiger charge is 1.90. The van der Waals surface area contributed by atoms with Gasteiger partial charge in [0.15, 0.2) is 0 Å².